The first-order chi connectivity index (χ1) is 11.9. The number of aliphatic imine (C=N–C) groups is 1. The summed E-state index contributed by atoms with van der Waals surface area (Å²) in [5.74, 6) is 0.520. The van der Waals surface area contributed by atoms with Crippen LogP contribution in [0.3, 0.4) is 0 Å². The number of hydrogen-bond donors (Lipinski definition) is 2. The predicted molar refractivity (Wildman–Crippen MR) is 97.4 cm³/mol. The van der Waals surface area contributed by atoms with Crippen LogP contribution in [0.1, 0.15) is 38.4 Å². The lowest BCUT2D eigenvalue weighted by Gasteiger charge is -2.42. The fourth-order valence-electron chi connectivity index (χ4n) is 3.82. The second-order valence-corrected chi connectivity index (χ2v) is 7.73. The summed E-state index contributed by atoms with van der Waals surface area (Å²) in [6.07, 6.45) is 2.14. The minimum absolute atomic E-state index is 0.464. The standard InChI is InChI=1S/C18H31N5O2/c1-5-19-17-23(9-13(2)3)12-18(25-17)11-22(7-6-16(18)24)10-15-8-20-21-14(15)4/h8,13,16,24H,5-7,9-12H2,1-4H3,(H,20,21)/t16-,18+/m0/s1. The second-order valence-electron chi connectivity index (χ2n) is 7.73. The van der Waals surface area contributed by atoms with E-state index in [-0.39, 0.29) is 0 Å². The van der Waals surface area contributed by atoms with Crippen molar-refractivity contribution < 1.29 is 9.84 Å². The Hall–Kier alpha value is -1.60. The Balaban J connectivity index is 1.76. The number of aromatic amines is 1. The zero-order chi connectivity index (χ0) is 18.0. The Labute approximate surface area is 150 Å². The zero-order valence-electron chi connectivity index (χ0n) is 15.8. The number of nitrogens with zero attached hydrogens (tertiary/aromatic N) is 4. The molecule has 2 aliphatic heterocycles. The Morgan fingerprint density at radius 2 is 2.28 bits per heavy atom. The Kier molecular flexibility index (Phi) is 5.34. The van der Waals surface area contributed by atoms with E-state index in [9.17, 15) is 5.11 Å². The van der Waals surface area contributed by atoms with Gasteiger partial charge in [0.1, 0.15) is 0 Å². The largest absolute Gasteiger partial charge is 0.452 e. The van der Waals surface area contributed by atoms with Crippen LogP contribution in [0, 0.1) is 12.8 Å². The topological polar surface area (TPSA) is 77.0 Å². The fourth-order valence-corrected chi connectivity index (χ4v) is 3.82. The first kappa shape index (κ1) is 18.2. The maximum Gasteiger partial charge on any atom is 0.288 e. The van der Waals surface area contributed by atoms with Crippen molar-refractivity contribution in [3.63, 3.8) is 0 Å². The third kappa shape index (κ3) is 3.82. The molecule has 1 aromatic rings. The number of aliphatic hydroxyl groups is 1. The Morgan fingerprint density at radius 3 is 2.92 bits per heavy atom. The lowest BCUT2D eigenvalue weighted by atomic mass is 9.89. The van der Waals surface area contributed by atoms with E-state index < -0.39 is 11.7 Å². The minimum atomic E-state index is -0.585. The molecule has 1 spiro atoms. The van der Waals surface area contributed by atoms with Crippen LogP contribution in [-0.2, 0) is 11.3 Å². The Morgan fingerprint density at radius 1 is 1.48 bits per heavy atom. The van der Waals surface area contributed by atoms with E-state index in [0.29, 0.717) is 38.0 Å². The van der Waals surface area contributed by atoms with Gasteiger partial charge in [-0.05, 0) is 26.2 Å². The van der Waals surface area contributed by atoms with Crippen LogP contribution < -0.4 is 0 Å². The molecule has 0 aliphatic carbocycles. The molecule has 3 heterocycles. The Bertz CT molecular complexity index is 614. The molecule has 2 fully saturated rings. The molecular formula is C18H31N5O2. The molecule has 7 nitrogen and oxygen atoms in total. The number of aromatic nitrogens is 2. The maximum absolute atomic E-state index is 10.7. The van der Waals surface area contributed by atoms with Gasteiger partial charge in [0.25, 0.3) is 6.02 Å². The van der Waals surface area contributed by atoms with E-state index in [1.807, 2.05) is 20.0 Å². The molecule has 3 rings (SSSR count). The molecule has 0 unspecified atom stereocenters. The molecular weight excluding hydrogens is 318 g/mol. The summed E-state index contributed by atoms with van der Waals surface area (Å²) in [6, 6.07) is 0.691. The van der Waals surface area contributed by atoms with Crippen LogP contribution in [-0.4, -0.2) is 75.6 Å². The number of hydrogen-bond acceptors (Lipinski definition) is 5. The molecule has 1 aromatic heterocycles. The lowest BCUT2D eigenvalue weighted by molar-refractivity contribution is -0.0956. The van der Waals surface area contributed by atoms with Gasteiger partial charge in [-0.1, -0.05) is 13.8 Å². The first-order valence-corrected chi connectivity index (χ1v) is 9.31. The predicted octanol–water partition coefficient (Wildman–Crippen LogP) is 1.39. The first-order valence-electron chi connectivity index (χ1n) is 9.31. The molecule has 2 saturated heterocycles. The van der Waals surface area contributed by atoms with Crippen molar-refractivity contribution in [2.75, 3.05) is 32.7 Å². The van der Waals surface area contributed by atoms with Crippen molar-refractivity contribution >= 4 is 6.02 Å². The fraction of sp³-hybridized carbons (Fsp3) is 0.778. The minimum Gasteiger partial charge on any atom is -0.452 e. The number of aliphatic hydroxyl groups excluding tert-OH is 1. The van der Waals surface area contributed by atoms with E-state index in [4.69, 9.17) is 4.74 Å². The van der Waals surface area contributed by atoms with E-state index in [0.717, 1.165) is 25.3 Å². The SMILES string of the molecule is CCN=C1O[C@]2(CN(Cc3cn[nH]c3C)CC[C@@H]2O)CN1CC(C)C. The third-order valence-corrected chi connectivity index (χ3v) is 5.05. The van der Waals surface area contributed by atoms with Crippen LogP contribution in [0.15, 0.2) is 11.2 Å². The van der Waals surface area contributed by atoms with Gasteiger partial charge in [-0.2, -0.15) is 5.10 Å². The number of rotatable bonds is 5. The summed E-state index contributed by atoms with van der Waals surface area (Å²) in [5.41, 5.74) is 1.71. The molecule has 0 aromatic carbocycles. The van der Waals surface area contributed by atoms with Crippen LogP contribution in [0.5, 0.6) is 0 Å². The van der Waals surface area contributed by atoms with Crippen molar-refractivity contribution in [3.05, 3.63) is 17.5 Å². The average molecular weight is 349 g/mol. The number of ether oxygens (including phenoxy) is 1. The van der Waals surface area contributed by atoms with Gasteiger partial charge in [0.05, 0.1) is 18.8 Å². The van der Waals surface area contributed by atoms with Crippen LogP contribution in [0.25, 0.3) is 0 Å². The summed E-state index contributed by atoms with van der Waals surface area (Å²) >= 11 is 0. The normalized spacial score (nSPS) is 29.1. The lowest BCUT2D eigenvalue weighted by Crippen LogP contribution is -2.59. The number of aryl methyl sites for hydroxylation is 1. The van der Waals surface area contributed by atoms with Gasteiger partial charge >= 0.3 is 0 Å². The molecule has 7 heteroatoms. The van der Waals surface area contributed by atoms with Crippen LogP contribution in [0.4, 0.5) is 0 Å². The van der Waals surface area contributed by atoms with Crippen molar-refractivity contribution in [2.45, 2.75) is 52.4 Å². The quantitative estimate of drug-likeness (QED) is 0.840. The number of piperidine rings is 1. The van der Waals surface area contributed by atoms with Crippen molar-refractivity contribution in [1.82, 2.24) is 20.0 Å². The summed E-state index contributed by atoms with van der Waals surface area (Å²) < 4.78 is 6.30. The number of H-pyrrole nitrogens is 1. The highest BCUT2D eigenvalue weighted by molar-refractivity contribution is 5.76. The van der Waals surface area contributed by atoms with E-state index >= 15 is 0 Å². The summed E-state index contributed by atoms with van der Waals surface area (Å²) in [4.78, 5) is 9.09. The highest BCUT2D eigenvalue weighted by Gasteiger charge is 2.52. The summed E-state index contributed by atoms with van der Waals surface area (Å²) in [6.45, 7) is 13.1. The van der Waals surface area contributed by atoms with E-state index in [1.165, 1.54) is 5.56 Å². The van der Waals surface area contributed by atoms with Gasteiger partial charge in [0.15, 0.2) is 5.60 Å². The molecule has 2 atom stereocenters. The number of likely N-dealkylation sites (tertiary alicyclic amines) is 1. The molecule has 0 radical (unpaired) electrons. The van der Waals surface area contributed by atoms with Crippen molar-refractivity contribution in [3.8, 4) is 0 Å². The summed E-state index contributed by atoms with van der Waals surface area (Å²) in [5, 5.41) is 17.9. The second kappa shape index (κ2) is 7.33. The van der Waals surface area contributed by atoms with Gasteiger partial charge in [0.2, 0.25) is 0 Å². The van der Waals surface area contributed by atoms with E-state index in [2.05, 4.69) is 38.8 Å². The molecule has 0 amide bonds. The highest BCUT2D eigenvalue weighted by Crippen LogP contribution is 2.33. The van der Waals surface area contributed by atoms with Crippen molar-refractivity contribution in [1.29, 1.82) is 0 Å². The number of nitrogens with one attached hydrogen (secondary N) is 1. The van der Waals surface area contributed by atoms with Gasteiger partial charge in [-0.15, -0.1) is 0 Å². The smallest absolute Gasteiger partial charge is 0.288 e. The van der Waals surface area contributed by atoms with Gasteiger partial charge in [-0.3, -0.25) is 10.00 Å². The summed E-state index contributed by atoms with van der Waals surface area (Å²) in [7, 11) is 0. The van der Waals surface area contributed by atoms with Crippen LogP contribution in [0.2, 0.25) is 0 Å². The third-order valence-electron chi connectivity index (χ3n) is 5.05. The molecule has 0 bridgehead atoms. The monoisotopic (exact) mass is 349 g/mol. The van der Waals surface area contributed by atoms with Gasteiger partial charge in [0, 0.05) is 44.0 Å². The van der Waals surface area contributed by atoms with E-state index in [1.54, 1.807) is 0 Å². The highest BCUT2D eigenvalue weighted by atomic mass is 16.6. The van der Waals surface area contributed by atoms with Gasteiger partial charge in [-0.25, -0.2) is 4.99 Å². The van der Waals surface area contributed by atoms with Crippen LogP contribution >= 0.6 is 0 Å². The molecule has 25 heavy (non-hydrogen) atoms. The molecule has 2 aliphatic rings. The molecule has 140 valence electrons. The maximum atomic E-state index is 10.7. The number of amidine groups is 1. The van der Waals surface area contributed by atoms with Crippen molar-refractivity contribution in [2.24, 2.45) is 10.9 Å². The molecule has 2 N–H and O–H groups in total. The average Bonchev–Trinajstić information content (AvgIpc) is 3.09. The zero-order valence-corrected chi connectivity index (χ0v) is 15.8. The van der Waals surface area contributed by atoms with Gasteiger partial charge < -0.3 is 14.7 Å². The molecule has 0 saturated carbocycles.